The second kappa shape index (κ2) is 8.52. The minimum atomic E-state index is -1.66. The Hall–Kier alpha value is -2.09. The molecule has 122 valence electrons. The van der Waals surface area contributed by atoms with Gasteiger partial charge in [-0.25, -0.2) is 9.97 Å². The van der Waals surface area contributed by atoms with E-state index in [4.69, 9.17) is 0 Å². The molecule has 0 N–H and O–H groups in total. The van der Waals surface area contributed by atoms with Gasteiger partial charge in [-0.3, -0.25) is 0 Å². The van der Waals surface area contributed by atoms with Crippen molar-refractivity contribution < 1.29 is 8.78 Å². The SMILES string of the molecule is C/C=C\c1nn(-c2ccnc(SCCC=C(F)F)n2)nc1CC. The number of hydrogen-bond acceptors (Lipinski definition) is 5. The number of rotatable bonds is 7. The normalized spacial score (nSPS) is 11.1. The lowest BCUT2D eigenvalue weighted by Crippen LogP contribution is -2.03. The topological polar surface area (TPSA) is 56.5 Å². The summed E-state index contributed by atoms with van der Waals surface area (Å²) < 4.78 is 24.0. The fourth-order valence-corrected chi connectivity index (χ4v) is 2.53. The Morgan fingerprint density at radius 2 is 2.17 bits per heavy atom. The molecule has 0 saturated carbocycles. The molecule has 2 aromatic heterocycles. The molecule has 0 unspecified atom stereocenters. The molecule has 0 atom stereocenters. The van der Waals surface area contributed by atoms with Crippen LogP contribution >= 0.6 is 11.8 Å². The van der Waals surface area contributed by atoms with Gasteiger partial charge in [0.1, 0.15) is 5.69 Å². The molecule has 0 saturated heterocycles. The van der Waals surface area contributed by atoms with Crippen LogP contribution in [0.25, 0.3) is 11.9 Å². The third kappa shape index (κ3) is 4.95. The minimum absolute atomic E-state index is 0.270. The van der Waals surface area contributed by atoms with Gasteiger partial charge in [-0.05, 0) is 31.9 Å². The Bertz CT molecular complexity index is 708. The van der Waals surface area contributed by atoms with Crippen molar-refractivity contribution >= 4 is 17.8 Å². The number of hydrogen-bond donors (Lipinski definition) is 0. The number of halogens is 2. The highest BCUT2D eigenvalue weighted by Gasteiger charge is 2.10. The first-order chi connectivity index (χ1) is 11.1. The summed E-state index contributed by atoms with van der Waals surface area (Å²) in [5.41, 5.74) is 1.70. The van der Waals surface area contributed by atoms with E-state index in [0.717, 1.165) is 23.9 Å². The van der Waals surface area contributed by atoms with E-state index >= 15 is 0 Å². The van der Waals surface area contributed by atoms with Crippen molar-refractivity contribution in [3.8, 4) is 5.82 Å². The molecule has 0 bridgehead atoms. The Labute approximate surface area is 137 Å². The van der Waals surface area contributed by atoms with Gasteiger partial charge in [-0.1, -0.05) is 24.8 Å². The number of thioether (sulfide) groups is 1. The van der Waals surface area contributed by atoms with Crippen LogP contribution in [0.4, 0.5) is 8.78 Å². The second-order valence-electron chi connectivity index (χ2n) is 4.50. The third-order valence-corrected chi connectivity index (χ3v) is 3.74. The lowest BCUT2D eigenvalue weighted by molar-refractivity contribution is 0.418. The van der Waals surface area contributed by atoms with E-state index in [1.807, 2.05) is 26.0 Å². The Balaban J connectivity index is 2.14. The maximum absolute atomic E-state index is 12.0. The highest BCUT2D eigenvalue weighted by atomic mass is 32.2. The van der Waals surface area contributed by atoms with Crippen molar-refractivity contribution in [1.29, 1.82) is 0 Å². The maximum atomic E-state index is 12.0. The van der Waals surface area contributed by atoms with Crippen molar-refractivity contribution in [2.24, 2.45) is 0 Å². The number of aryl methyl sites for hydroxylation is 1. The fourth-order valence-electron chi connectivity index (χ4n) is 1.82. The molecule has 0 aliphatic rings. The van der Waals surface area contributed by atoms with Crippen molar-refractivity contribution in [3.05, 3.63) is 41.9 Å². The van der Waals surface area contributed by atoms with E-state index in [1.165, 1.54) is 16.6 Å². The van der Waals surface area contributed by atoms with Gasteiger partial charge < -0.3 is 0 Å². The summed E-state index contributed by atoms with van der Waals surface area (Å²) in [6, 6.07) is 1.71. The van der Waals surface area contributed by atoms with E-state index < -0.39 is 6.08 Å². The lowest BCUT2D eigenvalue weighted by atomic mass is 10.2. The molecule has 8 heteroatoms. The Morgan fingerprint density at radius 3 is 2.87 bits per heavy atom. The van der Waals surface area contributed by atoms with Crippen molar-refractivity contribution in [2.45, 2.75) is 31.8 Å². The standard InChI is InChI=1S/C15H17F2N5S/c1-3-6-12-11(4-2)20-22(21-12)14-8-9-18-15(19-14)23-10-5-7-13(16)17/h3,6-9H,4-5,10H2,1-2H3/b6-3-. The molecule has 2 aromatic rings. The van der Waals surface area contributed by atoms with Gasteiger partial charge in [0.2, 0.25) is 0 Å². The zero-order chi connectivity index (χ0) is 16.7. The van der Waals surface area contributed by atoms with E-state index in [0.29, 0.717) is 16.7 Å². The molecule has 0 aliphatic carbocycles. The van der Waals surface area contributed by atoms with Crippen molar-refractivity contribution in [2.75, 3.05) is 5.75 Å². The van der Waals surface area contributed by atoms with E-state index in [1.54, 1.807) is 12.3 Å². The van der Waals surface area contributed by atoms with Gasteiger partial charge in [-0.2, -0.15) is 13.9 Å². The first kappa shape index (κ1) is 17.3. The third-order valence-electron chi connectivity index (χ3n) is 2.84. The Morgan fingerprint density at radius 1 is 1.35 bits per heavy atom. The maximum Gasteiger partial charge on any atom is 0.266 e. The van der Waals surface area contributed by atoms with Crippen LogP contribution in [0.5, 0.6) is 0 Å². The highest BCUT2D eigenvalue weighted by Crippen LogP contribution is 2.16. The van der Waals surface area contributed by atoms with Crippen LogP contribution in [0.15, 0.2) is 35.7 Å². The zero-order valence-electron chi connectivity index (χ0n) is 12.9. The molecule has 23 heavy (non-hydrogen) atoms. The first-order valence-electron chi connectivity index (χ1n) is 7.20. The quantitative estimate of drug-likeness (QED) is 0.435. The lowest BCUT2D eigenvalue weighted by Gasteiger charge is -2.01. The van der Waals surface area contributed by atoms with Gasteiger partial charge >= 0.3 is 0 Å². The first-order valence-corrected chi connectivity index (χ1v) is 8.19. The van der Waals surface area contributed by atoms with Gasteiger partial charge in [-0.15, -0.1) is 9.90 Å². The molecular formula is C15H17F2N5S. The summed E-state index contributed by atoms with van der Waals surface area (Å²) in [6.07, 6.45) is 5.69. The van der Waals surface area contributed by atoms with Crippen LogP contribution in [0.2, 0.25) is 0 Å². The Kier molecular flexibility index (Phi) is 6.40. The minimum Gasteiger partial charge on any atom is -0.231 e. The van der Waals surface area contributed by atoms with Crippen LogP contribution in [0, 0.1) is 0 Å². The summed E-state index contributed by atoms with van der Waals surface area (Å²) in [7, 11) is 0. The fraction of sp³-hybridized carbons (Fsp3) is 0.333. The van der Waals surface area contributed by atoms with E-state index in [2.05, 4.69) is 20.2 Å². The van der Waals surface area contributed by atoms with Crippen molar-refractivity contribution in [3.63, 3.8) is 0 Å². The number of aromatic nitrogens is 5. The molecule has 0 aromatic carbocycles. The summed E-state index contributed by atoms with van der Waals surface area (Å²) in [4.78, 5) is 9.97. The van der Waals surface area contributed by atoms with Gasteiger partial charge in [0.25, 0.3) is 6.08 Å². The largest absolute Gasteiger partial charge is 0.266 e. The van der Waals surface area contributed by atoms with E-state index in [-0.39, 0.29) is 6.42 Å². The van der Waals surface area contributed by atoms with Crippen LogP contribution < -0.4 is 0 Å². The molecule has 0 fully saturated rings. The monoisotopic (exact) mass is 337 g/mol. The van der Waals surface area contributed by atoms with Gasteiger partial charge in [0.15, 0.2) is 11.0 Å². The second-order valence-corrected chi connectivity index (χ2v) is 5.57. The van der Waals surface area contributed by atoms with Gasteiger partial charge in [0, 0.05) is 18.0 Å². The molecule has 0 radical (unpaired) electrons. The molecule has 0 aliphatic heterocycles. The summed E-state index contributed by atoms with van der Waals surface area (Å²) >= 11 is 1.32. The smallest absolute Gasteiger partial charge is 0.231 e. The van der Waals surface area contributed by atoms with Crippen LogP contribution in [0.3, 0.4) is 0 Å². The average molecular weight is 337 g/mol. The molecule has 0 spiro atoms. The van der Waals surface area contributed by atoms with Crippen LogP contribution in [-0.4, -0.2) is 30.7 Å². The summed E-state index contributed by atoms with van der Waals surface area (Å²) in [6.45, 7) is 3.94. The molecule has 2 rings (SSSR count). The molecule has 5 nitrogen and oxygen atoms in total. The molecular weight excluding hydrogens is 320 g/mol. The number of nitrogens with zero attached hydrogens (tertiary/aromatic N) is 5. The van der Waals surface area contributed by atoms with Crippen LogP contribution in [-0.2, 0) is 6.42 Å². The van der Waals surface area contributed by atoms with Gasteiger partial charge in [0.05, 0.1) is 5.69 Å². The number of allylic oxidation sites excluding steroid dienone is 2. The van der Waals surface area contributed by atoms with Crippen LogP contribution in [0.1, 0.15) is 31.7 Å². The summed E-state index contributed by atoms with van der Waals surface area (Å²) in [5.74, 6) is 1.04. The molecule has 2 heterocycles. The van der Waals surface area contributed by atoms with E-state index in [9.17, 15) is 8.78 Å². The molecule has 0 amide bonds. The highest BCUT2D eigenvalue weighted by molar-refractivity contribution is 7.99. The predicted molar refractivity (Wildman–Crippen MR) is 86.7 cm³/mol. The van der Waals surface area contributed by atoms with Crippen molar-refractivity contribution in [1.82, 2.24) is 25.0 Å². The summed E-state index contributed by atoms with van der Waals surface area (Å²) in [5, 5.41) is 9.35. The zero-order valence-corrected chi connectivity index (χ0v) is 13.7. The average Bonchev–Trinajstić information content (AvgIpc) is 2.95. The predicted octanol–water partition coefficient (Wildman–Crippen LogP) is 3.92.